The molecule has 2 heterocycles. The highest BCUT2D eigenvalue weighted by molar-refractivity contribution is 9.10. The maximum Gasteiger partial charge on any atom is 0.264 e. The first kappa shape index (κ1) is 12.1. The van der Waals surface area contributed by atoms with Crippen LogP contribution >= 0.6 is 27.3 Å². The smallest absolute Gasteiger partial charge is 0.264 e. The lowest BCUT2D eigenvalue weighted by molar-refractivity contribution is 0.0788. The highest BCUT2D eigenvalue weighted by Gasteiger charge is 2.21. The molecule has 5 heteroatoms. The van der Waals surface area contributed by atoms with Crippen molar-refractivity contribution in [3.8, 4) is 0 Å². The molecule has 2 rings (SSSR count). The molecule has 1 N–H and O–H groups in total. The van der Waals surface area contributed by atoms with Crippen molar-refractivity contribution in [1.29, 1.82) is 0 Å². The van der Waals surface area contributed by atoms with E-state index in [2.05, 4.69) is 21.2 Å². The average molecular weight is 303 g/mol. The van der Waals surface area contributed by atoms with Crippen molar-refractivity contribution in [1.82, 2.24) is 10.2 Å². The van der Waals surface area contributed by atoms with Crippen molar-refractivity contribution < 1.29 is 4.79 Å². The highest BCUT2D eigenvalue weighted by Crippen LogP contribution is 2.24. The molecule has 3 nitrogen and oxygen atoms in total. The molecule has 1 amide bonds. The molecular formula is C11H15BrN2OS. The van der Waals surface area contributed by atoms with Gasteiger partial charge < -0.3 is 10.2 Å². The van der Waals surface area contributed by atoms with Gasteiger partial charge in [0, 0.05) is 24.1 Å². The monoisotopic (exact) mass is 302 g/mol. The van der Waals surface area contributed by atoms with E-state index in [0.717, 1.165) is 22.4 Å². The van der Waals surface area contributed by atoms with E-state index >= 15 is 0 Å². The van der Waals surface area contributed by atoms with Crippen molar-refractivity contribution in [3.05, 3.63) is 20.8 Å². The zero-order valence-corrected chi connectivity index (χ0v) is 11.6. The fourth-order valence-electron chi connectivity index (χ4n) is 1.95. The predicted octanol–water partition coefficient (Wildman–Crippen LogP) is 2.33. The van der Waals surface area contributed by atoms with Gasteiger partial charge in [-0.2, -0.15) is 0 Å². The number of hydrogen-bond acceptors (Lipinski definition) is 3. The number of rotatable bonds is 3. The van der Waals surface area contributed by atoms with Gasteiger partial charge in [-0.25, -0.2) is 0 Å². The number of likely N-dealkylation sites (N-methyl/N-ethyl adjacent to an activating group) is 1. The summed E-state index contributed by atoms with van der Waals surface area (Å²) in [5.41, 5.74) is 0. The second-order valence-corrected chi connectivity index (χ2v) is 5.85. The van der Waals surface area contributed by atoms with E-state index in [4.69, 9.17) is 0 Å². The molecule has 0 bridgehead atoms. The van der Waals surface area contributed by atoms with Gasteiger partial charge in [0.05, 0.1) is 0 Å². The van der Waals surface area contributed by atoms with E-state index in [1.165, 1.54) is 24.2 Å². The van der Waals surface area contributed by atoms with Crippen LogP contribution in [0.25, 0.3) is 0 Å². The van der Waals surface area contributed by atoms with Crippen LogP contribution < -0.4 is 5.32 Å². The summed E-state index contributed by atoms with van der Waals surface area (Å²) in [6.07, 6.45) is 2.39. The van der Waals surface area contributed by atoms with Crippen molar-refractivity contribution in [2.24, 2.45) is 0 Å². The molecule has 16 heavy (non-hydrogen) atoms. The van der Waals surface area contributed by atoms with Gasteiger partial charge in [-0.1, -0.05) is 0 Å². The Morgan fingerprint density at radius 2 is 2.56 bits per heavy atom. The largest absolute Gasteiger partial charge is 0.339 e. The third kappa shape index (κ3) is 2.64. The summed E-state index contributed by atoms with van der Waals surface area (Å²) in [6, 6.07) is 2.38. The average Bonchev–Trinajstić information content (AvgIpc) is 2.88. The molecule has 0 saturated carbocycles. The van der Waals surface area contributed by atoms with E-state index in [1.807, 2.05) is 18.5 Å². The number of amides is 1. The molecule has 0 spiro atoms. The Labute approximate surface area is 108 Å². The number of hydrogen-bond donors (Lipinski definition) is 1. The number of thiophene rings is 1. The Hall–Kier alpha value is -0.390. The Bertz CT molecular complexity index is 374. The van der Waals surface area contributed by atoms with Gasteiger partial charge in [0.2, 0.25) is 0 Å². The molecular weight excluding hydrogens is 288 g/mol. The SMILES string of the molecule is CN(CC1CCCN1)C(=O)c1sccc1Br. The van der Waals surface area contributed by atoms with Crippen molar-refractivity contribution >= 4 is 33.2 Å². The molecule has 1 aromatic heterocycles. The summed E-state index contributed by atoms with van der Waals surface area (Å²) in [4.78, 5) is 14.7. The molecule has 0 aromatic carbocycles. The minimum Gasteiger partial charge on any atom is -0.339 e. The van der Waals surface area contributed by atoms with Crippen LogP contribution in [0, 0.1) is 0 Å². The number of nitrogens with one attached hydrogen (secondary N) is 1. The summed E-state index contributed by atoms with van der Waals surface area (Å²) < 4.78 is 0.897. The minimum atomic E-state index is 0.107. The van der Waals surface area contributed by atoms with Gasteiger partial charge in [-0.3, -0.25) is 4.79 Å². The van der Waals surface area contributed by atoms with Gasteiger partial charge in [-0.15, -0.1) is 11.3 Å². The van der Waals surface area contributed by atoms with Gasteiger partial charge in [0.1, 0.15) is 4.88 Å². The lowest BCUT2D eigenvalue weighted by atomic mass is 10.2. The zero-order valence-electron chi connectivity index (χ0n) is 9.20. The fraction of sp³-hybridized carbons (Fsp3) is 0.545. The minimum absolute atomic E-state index is 0.107. The molecule has 1 aromatic rings. The Morgan fingerprint density at radius 1 is 1.75 bits per heavy atom. The maximum atomic E-state index is 12.1. The summed E-state index contributed by atoms with van der Waals surface area (Å²) in [7, 11) is 1.87. The van der Waals surface area contributed by atoms with E-state index in [1.54, 1.807) is 4.90 Å². The third-order valence-corrected chi connectivity index (χ3v) is 4.64. The molecule has 0 radical (unpaired) electrons. The number of halogens is 1. The molecule has 1 unspecified atom stereocenters. The van der Waals surface area contributed by atoms with Gasteiger partial charge >= 0.3 is 0 Å². The Morgan fingerprint density at radius 3 is 3.12 bits per heavy atom. The van der Waals surface area contributed by atoms with E-state index in [9.17, 15) is 4.79 Å². The number of carbonyl (C=O) groups is 1. The standard InChI is InChI=1S/C11H15BrN2OS/c1-14(7-8-3-2-5-13-8)11(15)10-9(12)4-6-16-10/h4,6,8,13H,2-3,5,7H2,1H3. The van der Waals surface area contributed by atoms with Gasteiger partial charge in [-0.05, 0) is 46.8 Å². The second kappa shape index (κ2) is 5.29. The summed E-state index contributed by atoms with van der Waals surface area (Å²) in [5, 5.41) is 5.33. The molecule has 0 aliphatic carbocycles. The molecule has 88 valence electrons. The quantitative estimate of drug-likeness (QED) is 0.929. The molecule has 1 atom stereocenters. The lowest BCUT2D eigenvalue weighted by Crippen LogP contribution is -2.38. The molecule has 1 saturated heterocycles. The predicted molar refractivity (Wildman–Crippen MR) is 70.0 cm³/mol. The number of nitrogens with zero attached hydrogens (tertiary/aromatic N) is 1. The molecule has 1 aliphatic rings. The molecule has 1 fully saturated rings. The van der Waals surface area contributed by atoms with Crippen molar-refractivity contribution in [2.45, 2.75) is 18.9 Å². The van der Waals surface area contributed by atoms with E-state index < -0.39 is 0 Å². The Kier molecular flexibility index (Phi) is 4.00. The highest BCUT2D eigenvalue weighted by atomic mass is 79.9. The molecule has 1 aliphatic heterocycles. The third-order valence-electron chi connectivity index (χ3n) is 2.81. The lowest BCUT2D eigenvalue weighted by Gasteiger charge is -2.20. The van der Waals surface area contributed by atoms with Crippen LogP contribution in [0.15, 0.2) is 15.9 Å². The zero-order chi connectivity index (χ0) is 11.5. The normalized spacial score (nSPS) is 20.0. The number of carbonyl (C=O) groups excluding carboxylic acids is 1. The summed E-state index contributed by atoms with van der Waals surface area (Å²) >= 11 is 4.88. The van der Waals surface area contributed by atoms with Gasteiger partial charge in [0.25, 0.3) is 5.91 Å². The van der Waals surface area contributed by atoms with Crippen molar-refractivity contribution in [2.75, 3.05) is 20.1 Å². The van der Waals surface area contributed by atoms with Crippen LogP contribution in [0.3, 0.4) is 0 Å². The first-order chi connectivity index (χ1) is 7.68. The maximum absolute atomic E-state index is 12.1. The first-order valence-corrected chi connectivity index (χ1v) is 7.07. The Balaban J connectivity index is 1.96. The first-order valence-electron chi connectivity index (χ1n) is 5.40. The fourth-order valence-corrected chi connectivity index (χ4v) is 3.48. The van der Waals surface area contributed by atoms with Crippen LogP contribution in [0.1, 0.15) is 22.5 Å². The van der Waals surface area contributed by atoms with Gasteiger partial charge in [0.15, 0.2) is 0 Å². The van der Waals surface area contributed by atoms with E-state index in [0.29, 0.717) is 6.04 Å². The van der Waals surface area contributed by atoms with Crippen LogP contribution in [0.2, 0.25) is 0 Å². The van der Waals surface area contributed by atoms with Crippen LogP contribution in [0.5, 0.6) is 0 Å². The van der Waals surface area contributed by atoms with Crippen LogP contribution in [-0.2, 0) is 0 Å². The summed E-state index contributed by atoms with van der Waals surface area (Å²) in [5.74, 6) is 0.107. The topological polar surface area (TPSA) is 32.3 Å². The van der Waals surface area contributed by atoms with Crippen molar-refractivity contribution in [3.63, 3.8) is 0 Å². The van der Waals surface area contributed by atoms with Crippen LogP contribution in [0.4, 0.5) is 0 Å². The van der Waals surface area contributed by atoms with Crippen LogP contribution in [-0.4, -0.2) is 37.0 Å². The van der Waals surface area contributed by atoms with E-state index in [-0.39, 0.29) is 5.91 Å². The second-order valence-electron chi connectivity index (χ2n) is 4.08. The summed E-state index contributed by atoms with van der Waals surface area (Å²) in [6.45, 7) is 1.87.